The molecule has 80 valence electrons. The molecule has 3 heteroatoms. The van der Waals surface area contributed by atoms with E-state index in [0.29, 0.717) is 11.5 Å². The van der Waals surface area contributed by atoms with E-state index in [-0.39, 0.29) is 6.42 Å². The van der Waals surface area contributed by atoms with Crippen LogP contribution in [-0.2, 0) is 5.54 Å². The third kappa shape index (κ3) is 1.22. The average molecular weight is 209 g/mol. The zero-order chi connectivity index (χ0) is 10.7. The molecule has 0 saturated heterocycles. The Balaban J connectivity index is 2.05. The zero-order valence-electron chi connectivity index (χ0n) is 8.34. The summed E-state index contributed by atoms with van der Waals surface area (Å²) in [4.78, 5) is 0. The Morgan fingerprint density at radius 1 is 1.20 bits per heavy atom. The van der Waals surface area contributed by atoms with E-state index in [1.54, 1.807) is 12.1 Å². The van der Waals surface area contributed by atoms with Gasteiger partial charge in [-0.05, 0) is 29.9 Å². The van der Waals surface area contributed by atoms with Crippen LogP contribution in [0, 0.1) is 0 Å². The van der Waals surface area contributed by atoms with Gasteiger partial charge in [-0.3, -0.25) is 0 Å². The Kier molecular flexibility index (Phi) is 1.60. The maximum atomic E-state index is 13.2. The van der Waals surface area contributed by atoms with Crippen molar-refractivity contribution in [1.82, 2.24) is 0 Å². The van der Waals surface area contributed by atoms with Crippen molar-refractivity contribution < 1.29 is 8.78 Å². The first-order chi connectivity index (χ1) is 7.05. The highest BCUT2D eigenvalue weighted by Crippen LogP contribution is 2.59. The monoisotopic (exact) mass is 209 g/mol. The fourth-order valence-corrected chi connectivity index (χ4v) is 2.25. The lowest BCUT2D eigenvalue weighted by Crippen LogP contribution is -2.28. The molecular weight excluding hydrogens is 196 g/mol. The first kappa shape index (κ1) is 9.28. The Morgan fingerprint density at radius 2 is 1.80 bits per heavy atom. The first-order valence-electron chi connectivity index (χ1n) is 5.31. The molecule has 2 saturated carbocycles. The van der Waals surface area contributed by atoms with Crippen molar-refractivity contribution >= 4 is 0 Å². The average Bonchev–Trinajstić information content (AvgIpc) is 3.06. The predicted molar refractivity (Wildman–Crippen MR) is 53.8 cm³/mol. The van der Waals surface area contributed by atoms with E-state index in [1.807, 2.05) is 12.1 Å². The highest BCUT2D eigenvalue weighted by atomic mass is 19.3. The van der Waals surface area contributed by atoms with Crippen molar-refractivity contribution in [3.8, 4) is 0 Å². The minimum Gasteiger partial charge on any atom is -0.316 e. The van der Waals surface area contributed by atoms with Gasteiger partial charge in [-0.15, -0.1) is 0 Å². The number of halogens is 2. The van der Waals surface area contributed by atoms with Crippen molar-refractivity contribution in [2.24, 2.45) is 5.73 Å². The quantitative estimate of drug-likeness (QED) is 0.796. The lowest BCUT2D eigenvalue weighted by atomic mass is 9.95. The van der Waals surface area contributed by atoms with Crippen LogP contribution >= 0.6 is 0 Å². The lowest BCUT2D eigenvalue weighted by molar-refractivity contribution is 0.0889. The molecule has 2 N–H and O–H groups in total. The Labute approximate surface area is 87.3 Å². The van der Waals surface area contributed by atoms with Gasteiger partial charge in [0.15, 0.2) is 0 Å². The summed E-state index contributed by atoms with van der Waals surface area (Å²) in [6.45, 7) is 0. The fourth-order valence-electron chi connectivity index (χ4n) is 2.25. The van der Waals surface area contributed by atoms with E-state index in [0.717, 1.165) is 18.4 Å². The molecule has 0 spiro atoms. The van der Waals surface area contributed by atoms with E-state index in [4.69, 9.17) is 5.73 Å². The number of hydrogen-bond donors (Lipinski definition) is 1. The molecule has 0 aromatic heterocycles. The summed E-state index contributed by atoms with van der Waals surface area (Å²) in [6.07, 6.45) is 2.01. The van der Waals surface area contributed by atoms with Crippen LogP contribution in [0.5, 0.6) is 0 Å². The Hall–Kier alpha value is -0.960. The van der Waals surface area contributed by atoms with Crippen molar-refractivity contribution in [3.63, 3.8) is 0 Å². The second-order valence-electron chi connectivity index (χ2n) is 4.71. The van der Waals surface area contributed by atoms with Crippen LogP contribution in [0.1, 0.15) is 36.3 Å². The zero-order valence-corrected chi connectivity index (χ0v) is 8.34. The largest absolute Gasteiger partial charge is 0.316 e. The maximum absolute atomic E-state index is 13.2. The van der Waals surface area contributed by atoms with Crippen LogP contribution in [-0.4, -0.2) is 5.92 Å². The molecular formula is C12H13F2N. The molecule has 1 nitrogen and oxygen atoms in total. The Bertz CT molecular complexity index is 412. The SMILES string of the molecule is NC1(c2ccccc2C2CC2)CC1(F)F. The van der Waals surface area contributed by atoms with Crippen molar-refractivity contribution in [2.75, 3.05) is 0 Å². The number of benzene rings is 1. The molecule has 2 aliphatic rings. The Morgan fingerprint density at radius 3 is 2.33 bits per heavy atom. The lowest BCUT2D eigenvalue weighted by Gasteiger charge is -2.15. The molecule has 1 unspecified atom stereocenters. The molecule has 0 radical (unpaired) electrons. The summed E-state index contributed by atoms with van der Waals surface area (Å²) >= 11 is 0. The second-order valence-corrected chi connectivity index (χ2v) is 4.71. The topological polar surface area (TPSA) is 26.0 Å². The molecule has 0 bridgehead atoms. The van der Waals surface area contributed by atoms with Gasteiger partial charge in [-0.1, -0.05) is 24.3 Å². The van der Waals surface area contributed by atoms with E-state index < -0.39 is 11.5 Å². The molecule has 1 aromatic carbocycles. The summed E-state index contributed by atoms with van der Waals surface area (Å²) in [7, 11) is 0. The highest BCUT2D eigenvalue weighted by Gasteiger charge is 2.70. The fraction of sp³-hybridized carbons (Fsp3) is 0.500. The molecule has 1 atom stereocenters. The normalized spacial score (nSPS) is 32.7. The van der Waals surface area contributed by atoms with Crippen LogP contribution in [0.2, 0.25) is 0 Å². The van der Waals surface area contributed by atoms with Crippen LogP contribution in [0.25, 0.3) is 0 Å². The summed E-state index contributed by atoms with van der Waals surface area (Å²) in [6, 6.07) is 7.40. The van der Waals surface area contributed by atoms with E-state index >= 15 is 0 Å². The summed E-state index contributed by atoms with van der Waals surface area (Å²) < 4.78 is 26.4. The van der Waals surface area contributed by atoms with Crippen LogP contribution in [0.15, 0.2) is 24.3 Å². The van der Waals surface area contributed by atoms with Gasteiger partial charge in [0, 0.05) is 6.42 Å². The van der Waals surface area contributed by atoms with Gasteiger partial charge < -0.3 is 5.73 Å². The third-order valence-corrected chi connectivity index (χ3v) is 3.49. The summed E-state index contributed by atoms with van der Waals surface area (Å²) in [5.74, 6) is -2.24. The van der Waals surface area contributed by atoms with Gasteiger partial charge in [0.1, 0.15) is 5.54 Å². The molecule has 2 fully saturated rings. The number of hydrogen-bond acceptors (Lipinski definition) is 1. The summed E-state index contributed by atoms with van der Waals surface area (Å²) in [5, 5.41) is 0. The first-order valence-corrected chi connectivity index (χ1v) is 5.31. The summed E-state index contributed by atoms with van der Waals surface area (Å²) in [5.41, 5.74) is 6.08. The van der Waals surface area contributed by atoms with Crippen molar-refractivity contribution in [2.45, 2.75) is 36.6 Å². The molecule has 2 aliphatic carbocycles. The number of alkyl halides is 2. The van der Waals surface area contributed by atoms with E-state index in [9.17, 15) is 8.78 Å². The molecule has 1 aromatic rings. The van der Waals surface area contributed by atoms with Gasteiger partial charge in [0.2, 0.25) is 0 Å². The second kappa shape index (κ2) is 2.59. The maximum Gasteiger partial charge on any atom is 0.272 e. The van der Waals surface area contributed by atoms with Gasteiger partial charge >= 0.3 is 0 Å². The molecule has 0 aliphatic heterocycles. The molecule has 0 amide bonds. The highest BCUT2D eigenvalue weighted by molar-refractivity contribution is 5.44. The van der Waals surface area contributed by atoms with Gasteiger partial charge in [0.25, 0.3) is 5.92 Å². The van der Waals surface area contributed by atoms with E-state index in [1.165, 1.54) is 0 Å². The molecule has 15 heavy (non-hydrogen) atoms. The van der Waals surface area contributed by atoms with Crippen molar-refractivity contribution in [1.29, 1.82) is 0 Å². The minimum atomic E-state index is -2.71. The molecule has 3 rings (SSSR count). The smallest absolute Gasteiger partial charge is 0.272 e. The minimum absolute atomic E-state index is 0.205. The van der Waals surface area contributed by atoms with Crippen LogP contribution < -0.4 is 5.73 Å². The standard InChI is InChI=1S/C12H13F2N/c13-12(14)7-11(12,15)10-4-2-1-3-9(10)8-5-6-8/h1-4,8H,5-7,15H2. The predicted octanol–water partition coefficient (Wildman–Crippen LogP) is 2.76. The van der Waals surface area contributed by atoms with Gasteiger partial charge in [-0.25, -0.2) is 8.78 Å². The van der Waals surface area contributed by atoms with Gasteiger partial charge in [-0.2, -0.15) is 0 Å². The third-order valence-electron chi connectivity index (χ3n) is 3.49. The molecule has 0 heterocycles. The number of nitrogens with two attached hydrogens (primary N) is 1. The number of rotatable bonds is 2. The van der Waals surface area contributed by atoms with Crippen molar-refractivity contribution in [3.05, 3.63) is 35.4 Å². The van der Waals surface area contributed by atoms with Crippen LogP contribution in [0.4, 0.5) is 8.78 Å². The van der Waals surface area contributed by atoms with E-state index in [2.05, 4.69) is 0 Å². The van der Waals surface area contributed by atoms with Crippen LogP contribution in [0.3, 0.4) is 0 Å². The van der Waals surface area contributed by atoms with Gasteiger partial charge in [0.05, 0.1) is 0 Å².